The number of thiophene rings is 1. The zero-order valence-corrected chi connectivity index (χ0v) is 13.3. The Labute approximate surface area is 127 Å². The zero-order chi connectivity index (χ0) is 14.6. The molecule has 0 saturated heterocycles. The van der Waals surface area contributed by atoms with Crippen LogP contribution in [0.25, 0.3) is 0 Å². The van der Waals surface area contributed by atoms with Gasteiger partial charge in [-0.1, -0.05) is 18.5 Å². The quantitative estimate of drug-likeness (QED) is 0.854. The van der Waals surface area contributed by atoms with Crippen molar-refractivity contribution in [2.75, 3.05) is 11.3 Å². The molecular weight excluding hydrogens is 316 g/mol. The SMILES string of the molecule is CCNCc1cc(S(=O)(=O)Nc2ccc(Cl)cc2)cs1. The van der Waals surface area contributed by atoms with E-state index in [9.17, 15) is 8.42 Å². The largest absolute Gasteiger partial charge is 0.312 e. The Morgan fingerprint density at radius 1 is 1.25 bits per heavy atom. The molecule has 2 aromatic rings. The summed E-state index contributed by atoms with van der Waals surface area (Å²) in [5.41, 5.74) is 0.494. The standard InChI is InChI=1S/C13H15ClN2O2S2/c1-2-15-8-12-7-13(9-19-12)20(17,18)16-11-5-3-10(14)4-6-11/h3-7,9,15-16H,2,8H2,1H3. The van der Waals surface area contributed by atoms with Crippen LogP contribution in [-0.4, -0.2) is 15.0 Å². The van der Waals surface area contributed by atoms with Crippen molar-refractivity contribution in [1.29, 1.82) is 0 Å². The van der Waals surface area contributed by atoms with E-state index in [0.29, 0.717) is 17.3 Å². The van der Waals surface area contributed by atoms with E-state index in [0.717, 1.165) is 11.4 Å². The lowest BCUT2D eigenvalue weighted by Crippen LogP contribution is -2.12. The molecule has 1 heterocycles. The van der Waals surface area contributed by atoms with Crippen LogP contribution in [0.3, 0.4) is 0 Å². The summed E-state index contributed by atoms with van der Waals surface area (Å²) >= 11 is 7.20. The van der Waals surface area contributed by atoms with Crippen LogP contribution >= 0.6 is 22.9 Å². The molecule has 2 rings (SSSR count). The van der Waals surface area contributed by atoms with Gasteiger partial charge < -0.3 is 5.32 Å². The van der Waals surface area contributed by atoms with Crippen molar-refractivity contribution in [2.24, 2.45) is 0 Å². The van der Waals surface area contributed by atoms with Gasteiger partial charge in [0.2, 0.25) is 0 Å². The van der Waals surface area contributed by atoms with Crippen LogP contribution in [0.1, 0.15) is 11.8 Å². The van der Waals surface area contributed by atoms with Gasteiger partial charge in [-0.05, 0) is 36.9 Å². The highest BCUT2D eigenvalue weighted by Crippen LogP contribution is 2.22. The van der Waals surface area contributed by atoms with E-state index in [4.69, 9.17) is 11.6 Å². The Balaban J connectivity index is 2.13. The monoisotopic (exact) mass is 330 g/mol. The second-order valence-electron chi connectivity index (χ2n) is 4.14. The number of sulfonamides is 1. The predicted octanol–water partition coefficient (Wildman–Crippen LogP) is 3.31. The molecule has 0 spiro atoms. The molecule has 0 unspecified atom stereocenters. The van der Waals surface area contributed by atoms with Gasteiger partial charge in [0.25, 0.3) is 10.0 Å². The normalized spacial score (nSPS) is 11.5. The highest BCUT2D eigenvalue weighted by molar-refractivity contribution is 7.92. The molecule has 0 bridgehead atoms. The topological polar surface area (TPSA) is 58.2 Å². The maximum absolute atomic E-state index is 12.2. The van der Waals surface area contributed by atoms with Crippen molar-refractivity contribution in [3.63, 3.8) is 0 Å². The summed E-state index contributed by atoms with van der Waals surface area (Å²) in [4.78, 5) is 1.27. The van der Waals surface area contributed by atoms with Crippen molar-refractivity contribution in [3.8, 4) is 0 Å². The van der Waals surface area contributed by atoms with Crippen molar-refractivity contribution in [1.82, 2.24) is 5.32 Å². The molecule has 0 radical (unpaired) electrons. The maximum Gasteiger partial charge on any atom is 0.262 e. The Morgan fingerprint density at radius 2 is 1.95 bits per heavy atom. The molecule has 0 aliphatic carbocycles. The number of halogens is 1. The fourth-order valence-electron chi connectivity index (χ4n) is 1.57. The van der Waals surface area contributed by atoms with Crippen LogP contribution < -0.4 is 10.0 Å². The maximum atomic E-state index is 12.2. The number of hydrogen-bond acceptors (Lipinski definition) is 4. The molecule has 0 atom stereocenters. The van der Waals surface area contributed by atoms with Gasteiger partial charge in [-0.15, -0.1) is 11.3 Å². The number of nitrogens with one attached hydrogen (secondary N) is 2. The molecule has 0 aliphatic heterocycles. The highest BCUT2D eigenvalue weighted by atomic mass is 35.5. The Hall–Kier alpha value is -1.08. The summed E-state index contributed by atoms with van der Waals surface area (Å²) in [6, 6.07) is 8.23. The Morgan fingerprint density at radius 3 is 2.60 bits per heavy atom. The van der Waals surface area contributed by atoms with Crippen LogP contribution in [0.4, 0.5) is 5.69 Å². The van der Waals surface area contributed by atoms with E-state index >= 15 is 0 Å². The Kier molecular flexibility index (Phi) is 5.04. The van der Waals surface area contributed by atoms with Crippen molar-refractivity contribution in [2.45, 2.75) is 18.4 Å². The third-order valence-electron chi connectivity index (χ3n) is 2.59. The van der Waals surface area contributed by atoms with Gasteiger partial charge in [0.05, 0.1) is 4.90 Å². The molecule has 2 N–H and O–H groups in total. The summed E-state index contributed by atoms with van der Waals surface area (Å²) in [5.74, 6) is 0. The molecule has 4 nitrogen and oxygen atoms in total. The molecule has 0 fully saturated rings. The Bertz CT molecular complexity index is 666. The van der Waals surface area contributed by atoms with Crippen molar-refractivity contribution < 1.29 is 8.42 Å². The number of anilines is 1. The first-order valence-electron chi connectivity index (χ1n) is 6.08. The van der Waals surface area contributed by atoms with Gasteiger partial charge in [0.15, 0.2) is 0 Å². The minimum absolute atomic E-state index is 0.283. The van der Waals surface area contributed by atoms with Crippen molar-refractivity contribution >= 4 is 38.6 Å². The van der Waals surface area contributed by atoms with Gasteiger partial charge in [-0.3, -0.25) is 4.72 Å². The second kappa shape index (κ2) is 6.58. The zero-order valence-electron chi connectivity index (χ0n) is 10.9. The summed E-state index contributed by atoms with van der Waals surface area (Å²) in [5, 5.41) is 5.38. The lowest BCUT2D eigenvalue weighted by atomic mass is 10.3. The first kappa shape index (κ1) is 15.3. The molecule has 0 aliphatic rings. The van der Waals surface area contributed by atoms with Crippen LogP contribution in [0, 0.1) is 0 Å². The third-order valence-corrected chi connectivity index (χ3v) is 5.28. The van der Waals surface area contributed by atoms with Gasteiger partial charge in [0.1, 0.15) is 0 Å². The van der Waals surface area contributed by atoms with Crippen LogP contribution in [0.2, 0.25) is 5.02 Å². The second-order valence-corrected chi connectivity index (χ2v) is 7.26. The van der Waals surface area contributed by atoms with Gasteiger partial charge >= 0.3 is 0 Å². The molecule has 1 aromatic carbocycles. The fourth-order valence-corrected chi connectivity index (χ4v) is 4.00. The number of rotatable bonds is 6. The summed E-state index contributed by atoms with van der Waals surface area (Å²) in [6.45, 7) is 3.54. The van der Waals surface area contributed by atoms with Gasteiger partial charge in [-0.2, -0.15) is 0 Å². The summed E-state index contributed by atoms with van der Waals surface area (Å²) in [7, 11) is -3.54. The molecule has 0 amide bonds. The average Bonchev–Trinajstić information content (AvgIpc) is 2.88. The molecule has 1 aromatic heterocycles. The van der Waals surface area contributed by atoms with Crippen molar-refractivity contribution in [3.05, 3.63) is 45.6 Å². The first-order valence-corrected chi connectivity index (χ1v) is 8.82. The predicted molar refractivity (Wildman–Crippen MR) is 84.0 cm³/mol. The molecule has 108 valence electrons. The minimum Gasteiger partial charge on any atom is -0.312 e. The first-order chi connectivity index (χ1) is 9.51. The lowest BCUT2D eigenvalue weighted by Gasteiger charge is -2.06. The molecule has 0 saturated carbocycles. The fraction of sp³-hybridized carbons (Fsp3) is 0.231. The molecule has 20 heavy (non-hydrogen) atoms. The van der Waals surface area contributed by atoms with E-state index in [1.54, 1.807) is 35.7 Å². The van der Waals surface area contributed by atoms with Gasteiger partial charge in [-0.25, -0.2) is 8.42 Å². The van der Waals surface area contributed by atoms with Gasteiger partial charge in [0, 0.05) is 27.5 Å². The van der Waals surface area contributed by atoms with E-state index < -0.39 is 10.0 Å². The van der Waals surface area contributed by atoms with E-state index in [-0.39, 0.29) is 4.90 Å². The summed E-state index contributed by atoms with van der Waals surface area (Å²) in [6.07, 6.45) is 0. The lowest BCUT2D eigenvalue weighted by molar-refractivity contribution is 0.601. The van der Waals surface area contributed by atoms with Crippen LogP contribution in [0.5, 0.6) is 0 Å². The molecule has 7 heteroatoms. The number of hydrogen-bond donors (Lipinski definition) is 2. The smallest absolute Gasteiger partial charge is 0.262 e. The number of benzene rings is 1. The van der Waals surface area contributed by atoms with E-state index in [2.05, 4.69) is 10.0 Å². The van der Waals surface area contributed by atoms with E-state index in [1.165, 1.54) is 11.3 Å². The average molecular weight is 331 g/mol. The third kappa shape index (κ3) is 3.96. The summed E-state index contributed by atoms with van der Waals surface area (Å²) < 4.78 is 27.0. The van der Waals surface area contributed by atoms with Crippen LogP contribution in [-0.2, 0) is 16.6 Å². The molecular formula is C13H15ClN2O2S2. The highest BCUT2D eigenvalue weighted by Gasteiger charge is 2.16. The minimum atomic E-state index is -3.54. The van der Waals surface area contributed by atoms with Crippen LogP contribution in [0.15, 0.2) is 40.6 Å². The van der Waals surface area contributed by atoms with E-state index in [1.807, 2.05) is 6.92 Å².